The van der Waals surface area contributed by atoms with Gasteiger partial charge in [-0.05, 0) is 59.0 Å². The molecule has 1 unspecified atom stereocenters. The second-order valence-electron chi connectivity index (χ2n) is 5.84. The predicted octanol–water partition coefficient (Wildman–Crippen LogP) is 2.39. The Bertz CT molecular complexity index is 263. The maximum absolute atomic E-state index is 9.11. The summed E-state index contributed by atoms with van der Waals surface area (Å²) in [7, 11) is 4.07. The van der Waals surface area contributed by atoms with Crippen molar-refractivity contribution in [1.82, 2.24) is 10.2 Å². The maximum atomic E-state index is 9.11. The highest BCUT2D eigenvalue weighted by Gasteiger charge is 2.25. The molecule has 1 saturated carbocycles. The summed E-state index contributed by atoms with van der Waals surface area (Å²) in [6.07, 6.45) is 6.25. The van der Waals surface area contributed by atoms with E-state index in [1.54, 1.807) is 0 Å². The first-order chi connectivity index (χ1) is 8.00. The van der Waals surface area contributed by atoms with Gasteiger partial charge in [0.15, 0.2) is 0 Å². The van der Waals surface area contributed by atoms with Gasteiger partial charge in [-0.3, -0.25) is 0 Å². The molecule has 0 amide bonds. The van der Waals surface area contributed by atoms with Gasteiger partial charge in [0.1, 0.15) is 5.54 Å². The van der Waals surface area contributed by atoms with Gasteiger partial charge in [-0.2, -0.15) is 5.26 Å². The van der Waals surface area contributed by atoms with E-state index in [2.05, 4.69) is 30.3 Å². The average Bonchev–Trinajstić information content (AvgIpc) is 2.36. The van der Waals surface area contributed by atoms with Crippen LogP contribution >= 0.6 is 0 Å². The largest absolute Gasteiger partial charge is 0.303 e. The van der Waals surface area contributed by atoms with E-state index in [0.29, 0.717) is 0 Å². The maximum Gasteiger partial charge on any atom is 0.104 e. The van der Waals surface area contributed by atoms with Crippen molar-refractivity contribution >= 4 is 0 Å². The van der Waals surface area contributed by atoms with Gasteiger partial charge in [0.25, 0.3) is 0 Å². The van der Waals surface area contributed by atoms with Crippen LogP contribution in [0, 0.1) is 17.2 Å². The lowest BCUT2D eigenvalue weighted by molar-refractivity contribution is 0.160. The Balaban J connectivity index is 2.35. The van der Waals surface area contributed by atoms with E-state index in [0.717, 1.165) is 24.9 Å². The van der Waals surface area contributed by atoms with Crippen molar-refractivity contribution in [3.63, 3.8) is 0 Å². The van der Waals surface area contributed by atoms with Gasteiger partial charge in [0, 0.05) is 12.6 Å². The molecular weight excluding hydrogens is 210 g/mol. The third kappa shape index (κ3) is 4.29. The van der Waals surface area contributed by atoms with Gasteiger partial charge in [-0.25, -0.2) is 0 Å². The van der Waals surface area contributed by atoms with Gasteiger partial charge >= 0.3 is 0 Å². The molecule has 0 spiro atoms. The highest BCUT2D eigenvalue weighted by molar-refractivity contribution is 5.03. The molecule has 1 fully saturated rings. The summed E-state index contributed by atoms with van der Waals surface area (Å²) in [5.41, 5.74) is -0.379. The Hall–Kier alpha value is -0.590. The average molecular weight is 237 g/mol. The molecule has 1 N–H and O–H groups in total. The van der Waals surface area contributed by atoms with Crippen molar-refractivity contribution < 1.29 is 0 Å². The molecule has 1 rings (SSSR count). The lowest BCUT2D eigenvalue weighted by atomic mass is 9.86. The van der Waals surface area contributed by atoms with E-state index >= 15 is 0 Å². The van der Waals surface area contributed by atoms with E-state index in [9.17, 15) is 0 Å². The van der Waals surface area contributed by atoms with Crippen molar-refractivity contribution in [2.24, 2.45) is 5.92 Å². The molecule has 0 heterocycles. The van der Waals surface area contributed by atoms with Crippen molar-refractivity contribution in [3.8, 4) is 6.07 Å². The van der Waals surface area contributed by atoms with Crippen LogP contribution in [0.25, 0.3) is 0 Å². The number of nitrogens with one attached hydrogen (secondary N) is 1. The van der Waals surface area contributed by atoms with Crippen LogP contribution in [0.4, 0.5) is 0 Å². The predicted molar refractivity (Wildman–Crippen MR) is 71.7 cm³/mol. The van der Waals surface area contributed by atoms with Crippen molar-refractivity contribution in [1.29, 1.82) is 5.26 Å². The molecule has 0 saturated heterocycles. The molecule has 3 nitrogen and oxygen atoms in total. The van der Waals surface area contributed by atoms with Gasteiger partial charge in [-0.15, -0.1) is 0 Å². The quantitative estimate of drug-likeness (QED) is 0.798. The van der Waals surface area contributed by atoms with Gasteiger partial charge in [0.2, 0.25) is 0 Å². The normalized spacial score (nSPS) is 28.7. The third-order valence-electron chi connectivity index (χ3n) is 4.37. The van der Waals surface area contributed by atoms with Crippen LogP contribution in [0.15, 0.2) is 0 Å². The second-order valence-corrected chi connectivity index (χ2v) is 5.84. The van der Waals surface area contributed by atoms with Crippen LogP contribution in [-0.2, 0) is 0 Å². The highest BCUT2D eigenvalue weighted by atomic mass is 15.1. The Morgan fingerprint density at radius 2 is 1.94 bits per heavy atom. The lowest BCUT2D eigenvalue weighted by Crippen LogP contribution is -2.43. The molecule has 0 bridgehead atoms. The minimum absolute atomic E-state index is 0.379. The number of nitriles is 1. The van der Waals surface area contributed by atoms with Gasteiger partial charge in [0.05, 0.1) is 6.07 Å². The molecule has 17 heavy (non-hydrogen) atoms. The summed E-state index contributed by atoms with van der Waals surface area (Å²) in [5.74, 6) is 0.904. The molecule has 0 aromatic rings. The zero-order valence-corrected chi connectivity index (χ0v) is 11.8. The highest BCUT2D eigenvalue weighted by Crippen LogP contribution is 2.26. The Morgan fingerprint density at radius 1 is 1.35 bits per heavy atom. The minimum Gasteiger partial charge on any atom is -0.303 e. The van der Waals surface area contributed by atoms with Crippen LogP contribution in [-0.4, -0.2) is 37.1 Å². The second kappa shape index (κ2) is 6.37. The number of rotatable bonds is 5. The summed E-state index contributed by atoms with van der Waals surface area (Å²) in [6.45, 7) is 5.33. The van der Waals surface area contributed by atoms with Crippen LogP contribution < -0.4 is 5.32 Å². The zero-order chi connectivity index (χ0) is 12.9. The standard InChI is InChI=1S/C14H27N3/c1-12-5-7-13(8-6-12)17(4)10-9-14(2,11-15)16-3/h12-13,16H,5-10H2,1-4H3. The van der Waals surface area contributed by atoms with Crippen LogP contribution in [0.5, 0.6) is 0 Å². The fourth-order valence-electron chi connectivity index (χ4n) is 2.50. The SMILES string of the molecule is CNC(C)(C#N)CCN(C)C1CCC(C)CC1. The van der Waals surface area contributed by atoms with Crippen molar-refractivity contribution in [3.05, 3.63) is 0 Å². The smallest absolute Gasteiger partial charge is 0.104 e. The first-order valence-electron chi connectivity index (χ1n) is 6.81. The summed E-state index contributed by atoms with van der Waals surface area (Å²) in [4.78, 5) is 2.44. The minimum atomic E-state index is -0.379. The molecule has 1 aliphatic rings. The van der Waals surface area contributed by atoms with E-state index in [4.69, 9.17) is 5.26 Å². The topological polar surface area (TPSA) is 39.1 Å². The molecule has 98 valence electrons. The van der Waals surface area contributed by atoms with Crippen molar-refractivity contribution in [2.75, 3.05) is 20.6 Å². The van der Waals surface area contributed by atoms with Gasteiger partial charge < -0.3 is 10.2 Å². The monoisotopic (exact) mass is 237 g/mol. The van der Waals surface area contributed by atoms with Gasteiger partial charge in [-0.1, -0.05) is 6.92 Å². The van der Waals surface area contributed by atoms with Crippen LogP contribution in [0.1, 0.15) is 46.0 Å². The summed E-state index contributed by atoms with van der Waals surface area (Å²) >= 11 is 0. The first kappa shape index (κ1) is 14.5. The molecular formula is C14H27N3. The first-order valence-corrected chi connectivity index (χ1v) is 6.81. The summed E-state index contributed by atoms with van der Waals surface area (Å²) in [5, 5.41) is 12.2. The number of nitrogens with zero attached hydrogens (tertiary/aromatic N) is 2. The van der Waals surface area contributed by atoms with E-state index in [1.165, 1.54) is 25.7 Å². The Kier molecular flexibility index (Phi) is 5.42. The number of hydrogen-bond donors (Lipinski definition) is 1. The van der Waals surface area contributed by atoms with Crippen molar-refractivity contribution in [2.45, 2.75) is 57.5 Å². The molecule has 0 radical (unpaired) electrons. The Morgan fingerprint density at radius 3 is 2.41 bits per heavy atom. The zero-order valence-electron chi connectivity index (χ0n) is 11.8. The molecule has 0 aromatic heterocycles. The molecule has 0 aliphatic heterocycles. The lowest BCUT2D eigenvalue weighted by Gasteiger charge is -2.35. The van der Waals surface area contributed by atoms with E-state index < -0.39 is 0 Å². The molecule has 0 aromatic carbocycles. The molecule has 1 atom stereocenters. The summed E-state index contributed by atoms with van der Waals surface area (Å²) in [6, 6.07) is 3.08. The fourth-order valence-corrected chi connectivity index (χ4v) is 2.50. The number of hydrogen-bond acceptors (Lipinski definition) is 3. The molecule has 3 heteroatoms. The van der Waals surface area contributed by atoms with Crippen LogP contribution in [0.2, 0.25) is 0 Å². The summed E-state index contributed by atoms with van der Waals surface area (Å²) < 4.78 is 0. The van der Waals surface area contributed by atoms with E-state index in [-0.39, 0.29) is 5.54 Å². The molecule has 1 aliphatic carbocycles. The van der Waals surface area contributed by atoms with E-state index in [1.807, 2.05) is 14.0 Å². The van der Waals surface area contributed by atoms with Crippen LogP contribution in [0.3, 0.4) is 0 Å². The third-order valence-corrected chi connectivity index (χ3v) is 4.37. The fraction of sp³-hybridized carbons (Fsp3) is 0.929. The Labute approximate surface area is 106 Å².